The zero-order valence-corrected chi connectivity index (χ0v) is 13.9. The van der Waals surface area contributed by atoms with Gasteiger partial charge in [-0.1, -0.05) is 11.8 Å². The third-order valence-electron chi connectivity index (χ3n) is 2.89. The van der Waals surface area contributed by atoms with Gasteiger partial charge < -0.3 is 10.5 Å². The van der Waals surface area contributed by atoms with Gasteiger partial charge in [0.15, 0.2) is 22.5 Å². The van der Waals surface area contributed by atoms with Crippen molar-refractivity contribution in [2.24, 2.45) is 0 Å². The molecule has 22 heavy (non-hydrogen) atoms. The summed E-state index contributed by atoms with van der Waals surface area (Å²) < 4.78 is 21.2. The van der Waals surface area contributed by atoms with Gasteiger partial charge in [0, 0.05) is 4.47 Å². The monoisotopic (exact) mass is 384 g/mol. The van der Waals surface area contributed by atoms with E-state index in [0.717, 1.165) is 0 Å². The summed E-state index contributed by atoms with van der Waals surface area (Å²) in [5.41, 5.74) is 6.00. The summed E-state index contributed by atoms with van der Waals surface area (Å²) >= 11 is 4.62. The molecule has 0 saturated carbocycles. The van der Waals surface area contributed by atoms with E-state index < -0.39 is 5.82 Å². The van der Waals surface area contributed by atoms with Crippen LogP contribution < -0.4 is 10.5 Å². The molecule has 7 nitrogen and oxygen atoms in total. The first-order chi connectivity index (χ1) is 10.5. The normalized spacial score (nSPS) is 11.1. The average molecular weight is 385 g/mol. The van der Waals surface area contributed by atoms with E-state index in [1.165, 1.54) is 29.5 Å². The molecule has 0 aliphatic heterocycles. The highest BCUT2D eigenvalue weighted by Crippen LogP contribution is 2.34. The van der Waals surface area contributed by atoms with Crippen LogP contribution >= 0.6 is 27.7 Å². The van der Waals surface area contributed by atoms with Gasteiger partial charge in [-0.3, -0.25) is 0 Å². The number of thioether (sulfide) groups is 1. The molecule has 0 fully saturated rings. The van der Waals surface area contributed by atoms with E-state index in [0.29, 0.717) is 9.63 Å². The van der Waals surface area contributed by atoms with Crippen LogP contribution in [0.4, 0.5) is 10.3 Å². The average Bonchev–Trinajstić information content (AvgIpc) is 2.91. The zero-order chi connectivity index (χ0) is 15.9. The van der Waals surface area contributed by atoms with Crippen molar-refractivity contribution in [3.8, 4) is 17.1 Å². The topological polar surface area (TPSA) is 91.2 Å². The number of hydrogen-bond acceptors (Lipinski definition) is 7. The third-order valence-corrected chi connectivity index (χ3v) is 4.10. The second kappa shape index (κ2) is 5.69. The summed E-state index contributed by atoms with van der Waals surface area (Å²) in [5, 5.41) is 4.64. The highest BCUT2D eigenvalue weighted by atomic mass is 79.9. The maximum absolute atomic E-state index is 14.5. The molecular weight excluding hydrogens is 375 g/mol. The Labute approximate surface area is 137 Å². The molecule has 114 valence electrons. The van der Waals surface area contributed by atoms with E-state index in [1.807, 2.05) is 6.26 Å². The van der Waals surface area contributed by atoms with Crippen LogP contribution in [0.1, 0.15) is 0 Å². The second-order valence-corrected chi connectivity index (χ2v) is 5.78. The number of rotatable bonds is 3. The Hall–Kier alpha value is -1.94. The molecule has 0 aliphatic rings. The van der Waals surface area contributed by atoms with Crippen LogP contribution in [0.2, 0.25) is 0 Å². The number of benzene rings is 1. The standard InChI is InChI=1S/C12H10BrFN6OS/c1-21-6-4-3-5(13)7(8(6)14)9-16-11-18-12(22-2)17-10(15)20(11)19-9/h3-4H,1-2H3,(H2,15,16,17,18,19). The van der Waals surface area contributed by atoms with Crippen LogP contribution in [0.15, 0.2) is 21.8 Å². The van der Waals surface area contributed by atoms with Crippen molar-refractivity contribution < 1.29 is 9.13 Å². The predicted octanol–water partition coefficient (Wildman–Crippen LogP) is 2.40. The number of ether oxygens (including phenoxy) is 1. The molecule has 2 heterocycles. The summed E-state index contributed by atoms with van der Waals surface area (Å²) in [7, 11) is 1.39. The SMILES string of the molecule is COc1ccc(Br)c(-c2nc3nc(SC)nc(N)n3n2)c1F. The fourth-order valence-corrected chi connectivity index (χ4v) is 2.72. The van der Waals surface area contributed by atoms with E-state index in [2.05, 4.69) is 36.0 Å². The Kier molecular flexibility index (Phi) is 3.87. The smallest absolute Gasteiger partial charge is 0.258 e. The molecule has 0 unspecified atom stereocenters. The van der Waals surface area contributed by atoms with Crippen LogP contribution in [0.5, 0.6) is 5.75 Å². The van der Waals surface area contributed by atoms with Crippen molar-refractivity contribution >= 4 is 39.4 Å². The fourth-order valence-electron chi connectivity index (χ4n) is 1.88. The largest absolute Gasteiger partial charge is 0.494 e. The van der Waals surface area contributed by atoms with Crippen molar-refractivity contribution in [3.05, 3.63) is 22.4 Å². The lowest BCUT2D eigenvalue weighted by Gasteiger charge is -2.06. The Morgan fingerprint density at radius 2 is 2.09 bits per heavy atom. The molecule has 0 spiro atoms. The van der Waals surface area contributed by atoms with Crippen LogP contribution in [-0.2, 0) is 0 Å². The van der Waals surface area contributed by atoms with Gasteiger partial charge >= 0.3 is 0 Å². The minimum atomic E-state index is -0.565. The van der Waals surface area contributed by atoms with Crippen LogP contribution in [0.25, 0.3) is 17.2 Å². The quantitative estimate of drug-likeness (QED) is 0.693. The first kappa shape index (κ1) is 15.0. The molecule has 0 radical (unpaired) electrons. The number of methoxy groups -OCH3 is 1. The van der Waals surface area contributed by atoms with Crippen molar-refractivity contribution in [1.82, 2.24) is 24.6 Å². The van der Waals surface area contributed by atoms with Gasteiger partial charge in [-0.2, -0.15) is 19.5 Å². The Balaban J connectivity index is 2.25. The van der Waals surface area contributed by atoms with Gasteiger partial charge in [0.2, 0.25) is 5.95 Å². The summed E-state index contributed by atoms with van der Waals surface area (Å²) in [4.78, 5) is 12.5. The highest BCUT2D eigenvalue weighted by molar-refractivity contribution is 9.10. The minimum Gasteiger partial charge on any atom is -0.494 e. The van der Waals surface area contributed by atoms with Crippen LogP contribution in [-0.4, -0.2) is 37.9 Å². The number of anilines is 1. The molecule has 3 aromatic rings. The Bertz CT molecular complexity index is 870. The molecule has 0 saturated heterocycles. The number of fused-ring (bicyclic) bond motifs is 1. The Morgan fingerprint density at radius 3 is 2.77 bits per heavy atom. The summed E-state index contributed by atoms with van der Waals surface area (Å²) in [6.07, 6.45) is 1.82. The van der Waals surface area contributed by atoms with Crippen molar-refractivity contribution in [1.29, 1.82) is 0 Å². The molecule has 2 N–H and O–H groups in total. The molecular formula is C12H10BrFN6OS. The van der Waals surface area contributed by atoms with Crippen LogP contribution in [0, 0.1) is 5.82 Å². The third kappa shape index (κ3) is 2.37. The van der Waals surface area contributed by atoms with E-state index in [4.69, 9.17) is 10.5 Å². The lowest BCUT2D eigenvalue weighted by molar-refractivity contribution is 0.387. The van der Waals surface area contributed by atoms with Crippen LogP contribution in [0.3, 0.4) is 0 Å². The van der Waals surface area contributed by atoms with Gasteiger partial charge in [-0.25, -0.2) is 4.39 Å². The number of nitrogens with zero attached hydrogens (tertiary/aromatic N) is 5. The molecule has 3 rings (SSSR count). The lowest BCUT2D eigenvalue weighted by atomic mass is 10.2. The summed E-state index contributed by atoms with van der Waals surface area (Å²) in [6, 6.07) is 3.17. The Morgan fingerprint density at radius 1 is 1.32 bits per heavy atom. The van der Waals surface area contributed by atoms with Gasteiger partial charge in [0.1, 0.15) is 0 Å². The van der Waals surface area contributed by atoms with Gasteiger partial charge in [0.05, 0.1) is 12.7 Å². The van der Waals surface area contributed by atoms with Crippen molar-refractivity contribution in [2.45, 2.75) is 5.16 Å². The maximum Gasteiger partial charge on any atom is 0.258 e. The predicted molar refractivity (Wildman–Crippen MR) is 84.4 cm³/mol. The number of nitrogens with two attached hydrogens (primary N) is 1. The summed E-state index contributed by atoms with van der Waals surface area (Å²) in [5.74, 6) is 0.0568. The van der Waals surface area contributed by atoms with E-state index >= 15 is 0 Å². The molecule has 10 heteroatoms. The highest BCUT2D eigenvalue weighted by Gasteiger charge is 2.20. The maximum atomic E-state index is 14.5. The molecule has 1 aromatic carbocycles. The molecule has 2 aromatic heterocycles. The fraction of sp³-hybridized carbons (Fsp3) is 0.167. The molecule has 0 bridgehead atoms. The lowest BCUT2D eigenvalue weighted by Crippen LogP contribution is -2.04. The zero-order valence-electron chi connectivity index (χ0n) is 11.5. The number of halogens is 2. The number of aromatic nitrogens is 5. The number of nitrogen functional groups attached to an aromatic ring is 1. The second-order valence-electron chi connectivity index (χ2n) is 4.15. The van der Waals surface area contributed by atoms with Crippen molar-refractivity contribution in [3.63, 3.8) is 0 Å². The van der Waals surface area contributed by atoms with Gasteiger partial charge in [-0.15, -0.1) is 5.10 Å². The van der Waals surface area contributed by atoms with E-state index in [9.17, 15) is 4.39 Å². The van der Waals surface area contributed by atoms with E-state index in [-0.39, 0.29) is 28.9 Å². The summed E-state index contributed by atoms with van der Waals surface area (Å²) in [6.45, 7) is 0. The van der Waals surface area contributed by atoms with Gasteiger partial charge in [-0.05, 0) is 34.3 Å². The first-order valence-corrected chi connectivity index (χ1v) is 8.03. The molecule has 0 aliphatic carbocycles. The first-order valence-electron chi connectivity index (χ1n) is 6.01. The molecule has 0 amide bonds. The number of hydrogen-bond donors (Lipinski definition) is 1. The molecule has 0 atom stereocenters. The minimum absolute atomic E-state index is 0.0981. The van der Waals surface area contributed by atoms with Crippen molar-refractivity contribution in [2.75, 3.05) is 19.1 Å². The van der Waals surface area contributed by atoms with Gasteiger partial charge in [0.25, 0.3) is 5.78 Å². The van der Waals surface area contributed by atoms with E-state index in [1.54, 1.807) is 6.07 Å².